The van der Waals surface area contributed by atoms with Crippen LogP contribution in [-0.4, -0.2) is 22.4 Å². The highest BCUT2D eigenvalue weighted by Gasteiger charge is 2.06. The van der Waals surface area contributed by atoms with Crippen molar-refractivity contribution in [3.63, 3.8) is 0 Å². The Morgan fingerprint density at radius 3 is 2.38 bits per heavy atom. The number of nitrogens with one attached hydrogen (secondary N) is 1. The third-order valence-corrected chi connectivity index (χ3v) is 4.47. The lowest BCUT2D eigenvalue weighted by atomic mass is 10.1. The summed E-state index contributed by atoms with van der Waals surface area (Å²) < 4.78 is 12.1. The number of hydrogen-bond donors (Lipinski definition) is 1. The summed E-state index contributed by atoms with van der Waals surface area (Å²) in [5.41, 5.74) is 2.13. The molecule has 1 unspecified atom stereocenters. The van der Waals surface area contributed by atoms with Crippen LogP contribution in [0.15, 0.2) is 59.5 Å². The SMILES string of the molecule is Cc1ccc(S(=O)CCNC(=O)Cc2ccccc2)cc1. The molecule has 0 heterocycles. The minimum absolute atomic E-state index is 0.0397. The molecule has 4 heteroatoms. The molecule has 110 valence electrons. The van der Waals surface area contributed by atoms with Crippen LogP contribution in [0.25, 0.3) is 0 Å². The van der Waals surface area contributed by atoms with E-state index >= 15 is 0 Å². The fraction of sp³-hybridized carbons (Fsp3) is 0.235. The Kier molecular flexibility index (Phi) is 5.69. The molecule has 0 aliphatic carbocycles. The predicted octanol–water partition coefficient (Wildman–Crippen LogP) is 2.46. The van der Waals surface area contributed by atoms with Gasteiger partial charge in [-0.25, -0.2) is 0 Å². The summed E-state index contributed by atoms with van der Waals surface area (Å²) in [4.78, 5) is 12.6. The van der Waals surface area contributed by atoms with Gasteiger partial charge in [0.15, 0.2) is 0 Å². The van der Waals surface area contributed by atoms with Crippen LogP contribution in [0.2, 0.25) is 0 Å². The van der Waals surface area contributed by atoms with E-state index in [2.05, 4.69) is 5.32 Å². The average Bonchev–Trinajstić information content (AvgIpc) is 2.49. The van der Waals surface area contributed by atoms with Crippen molar-refractivity contribution in [3.05, 3.63) is 65.7 Å². The van der Waals surface area contributed by atoms with Gasteiger partial charge in [0.1, 0.15) is 0 Å². The van der Waals surface area contributed by atoms with Crippen molar-refractivity contribution in [2.45, 2.75) is 18.2 Å². The first-order chi connectivity index (χ1) is 10.1. The highest BCUT2D eigenvalue weighted by atomic mass is 32.2. The van der Waals surface area contributed by atoms with Gasteiger partial charge in [-0.15, -0.1) is 0 Å². The van der Waals surface area contributed by atoms with Crippen LogP contribution in [0.5, 0.6) is 0 Å². The zero-order chi connectivity index (χ0) is 15.1. The maximum atomic E-state index is 12.1. The highest BCUT2D eigenvalue weighted by molar-refractivity contribution is 7.85. The molecule has 2 aromatic carbocycles. The van der Waals surface area contributed by atoms with Crippen molar-refractivity contribution in [1.29, 1.82) is 0 Å². The second kappa shape index (κ2) is 7.74. The first-order valence-electron chi connectivity index (χ1n) is 6.91. The molecule has 3 nitrogen and oxygen atoms in total. The summed E-state index contributed by atoms with van der Waals surface area (Å²) in [5, 5.41) is 2.81. The first kappa shape index (κ1) is 15.4. The van der Waals surface area contributed by atoms with Gasteiger partial charge in [0, 0.05) is 17.2 Å². The topological polar surface area (TPSA) is 46.2 Å². The zero-order valence-corrected chi connectivity index (χ0v) is 12.9. The molecule has 0 saturated carbocycles. The largest absolute Gasteiger partial charge is 0.355 e. The van der Waals surface area contributed by atoms with Gasteiger partial charge in [-0.1, -0.05) is 48.0 Å². The molecule has 1 atom stereocenters. The minimum Gasteiger partial charge on any atom is -0.355 e. The summed E-state index contributed by atoms with van der Waals surface area (Å²) in [6, 6.07) is 17.2. The Labute approximate surface area is 127 Å². The molecule has 2 aromatic rings. The van der Waals surface area contributed by atoms with Gasteiger partial charge in [0.05, 0.1) is 17.2 Å². The molecule has 0 saturated heterocycles. The molecule has 0 aliphatic heterocycles. The molecule has 0 bridgehead atoms. The van der Waals surface area contributed by atoms with Gasteiger partial charge < -0.3 is 5.32 Å². The Balaban J connectivity index is 1.75. The summed E-state index contributed by atoms with van der Waals surface area (Å²) in [5.74, 6) is 0.394. The molecule has 1 N–H and O–H groups in total. The van der Waals surface area contributed by atoms with Gasteiger partial charge in [-0.2, -0.15) is 0 Å². The fourth-order valence-electron chi connectivity index (χ4n) is 1.93. The van der Waals surface area contributed by atoms with Crippen LogP contribution in [0, 0.1) is 6.92 Å². The van der Waals surface area contributed by atoms with Crippen molar-refractivity contribution in [2.24, 2.45) is 0 Å². The summed E-state index contributed by atoms with van der Waals surface area (Å²) in [6.45, 7) is 2.42. The van der Waals surface area contributed by atoms with Gasteiger partial charge in [-0.05, 0) is 24.6 Å². The number of carbonyl (C=O) groups excluding carboxylic acids is 1. The van der Waals surface area contributed by atoms with Crippen LogP contribution in [0.4, 0.5) is 0 Å². The normalized spacial score (nSPS) is 11.9. The van der Waals surface area contributed by atoms with E-state index in [1.807, 2.05) is 61.5 Å². The summed E-state index contributed by atoms with van der Waals surface area (Å²) >= 11 is 0. The number of benzene rings is 2. The molecule has 0 aromatic heterocycles. The second-order valence-corrected chi connectivity index (χ2v) is 6.45. The van der Waals surface area contributed by atoms with Crippen molar-refractivity contribution < 1.29 is 9.00 Å². The average molecular weight is 301 g/mol. The molecular formula is C17H19NO2S. The maximum absolute atomic E-state index is 12.1. The van der Waals surface area contributed by atoms with E-state index in [1.165, 1.54) is 0 Å². The van der Waals surface area contributed by atoms with E-state index in [4.69, 9.17) is 0 Å². The molecule has 1 amide bonds. The molecule has 0 spiro atoms. The standard InChI is InChI=1S/C17H19NO2S/c1-14-7-9-16(10-8-14)21(20)12-11-18-17(19)13-15-5-3-2-4-6-15/h2-10H,11-13H2,1H3,(H,18,19). The molecule has 0 radical (unpaired) electrons. The number of rotatable bonds is 6. The quantitative estimate of drug-likeness (QED) is 0.891. The number of hydrogen-bond acceptors (Lipinski definition) is 2. The van der Waals surface area contributed by atoms with Gasteiger partial charge in [0.2, 0.25) is 5.91 Å². The van der Waals surface area contributed by atoms with E-state index in [0.717, 1.165) is 16.0 Å². The van der Waals surface area contributed by atoms with E-state index in [-0.39, 0.29) is 5.91 Å². The second-order valence-electron chi connectivity index (χ2n) is 4.88. The van der Waals surface area contributed by atoms with Crippen LogP contribution in [-0.2, 0) is 22.0 Å². The van der Waals surface area contributed by atoms with Crippen LogP contribution in [0.3, 0.4) is 0 Å². The third-order valence-electron chi connectivity index (χ3n) is 3.10. The number of amides is 1. The van der Waals surface area contributed by atoms with E-state index < -0.39 is 10.8 Å². The Morgan fingerprint density at radius 1 is 1.05 bits per heavy atom. The van der Waals surface area contributed by atoms with Crippen molar-refractivity contribution in [1.82, 2.24) is 5.32 Å². The third kappa shape index (κ3) is 5.16. The smallest absolute Gasteiger partial charge is 0.224 e. The van der Waals surface area contributed by atoms with Crippen LogP contribution < -0.4 is 5.32 Å². The van der Waals surface area contributed by atoms with Gasteiger partial charge in [-0.3, -0.25) is 9.00 Å². The van der Waals surface area contributed by atoms with Crippen molar-refractivity contribution in [2.75, 3.05) is 12.3 Å². The maximum Gasteiger partial charge on any atom is 0.224 e. The lowest BCUT2D eigenvalue weighted by Gasteiger charge is -2.06. The number of aryl methyl sites for hydroxylation is 1. The first-order valence-corrected chi connectivity index (χ1v) is 8.23. The molecule has 0 fully saturated rings. The molecule has 21 heavy (non-hydrogen) atoms. The zero-order valence-electron chi connectivity index (χ0n) is 12.0. The summed E-state index contributed by atoms with van der Waals surface area (Å²) in [7, 11) is -1.07. The fourth-order valence-corrected chi connectivity index (χ4v) is 2.90. The monoisotopic (exact) mass is 301 g/mol. The van der Waals surface area contributed by atoms with E-state index in [9.17, 15) is 9.00 Å². The number of carbonyl (C=O) groups is 1. The minimum atomic E-state index is -1.07. The Morgan fingerprint density at radius 2 is 1.71 bits per heavy atom. The Bertz CT molecular complexity index is 608. The lowest BCUT2D eigenvalue weighted by Crippen LogP contribution is -2.29. The van der Waals surface area contributed by atoms with Gasteiger partial charge >= 0.3 is 0 Å². The molecule has 2 rings (SSSR count). The van der Waals surface area contributed by atoms with Crippen molar-refractivity contribution in [3.8, 4) is 0 Å². The molecule has 0 aliphatic rings. The summed E-state index contributed by atoms with van der Waals surface area (Å²) in [6.07, 6.45) is 0.359. The van der Waals surface area contributed by atoms with E-state index in [1.54, 1.807) is 0 Å². The van der Waals surface area contributed by atoms with Crippen LogP contribution in [0.1, 0.15) is 11.1 Å². The molecular weight excluding hydrogens is 282 g/mol. The van der Waals surface area contributed by atoms with Gasteiger partial charge in [0.25, 0.3) is 0 Å². The lowest BCUT2D eigenvalue weighted by molar-refractivity contribution is -0.120. The Hall–Kier alpha value is -1.94. The van der Waals surface area contributed by atoms with Crippen LogP contribution >= 0.6 is 0 Å². The van der Waals surface area contributed by atoms with E-state index in [0.29, 0.717) is 18.7 Å². The highest BCUT2D eigenvalue weighted by Crippen LogP contribution is 2.08. The predicted molar refractivity (Wildman–Crippen MR) is 85.6 cm³/mol. The van der Waals surface area contributed by atoms with Crippen molar-refractivity contribution >= 4 is 16.7 Å².